The molecule has 198 valence electrons. The number of nitrogen functional groups attached to an aromatic ring is 1. The highest BCUT2D eigenvalue weighted by atomic mass is 16.5. The zero-order valence-electron chi connectivity index (χ0n) is 21.9. The Labute approximate surface area is 224 Å². The quantitative estimate of drug-likeness (QED) is 0.376. The summed E-state index contributed by atoms with van der Waals surface area (Å²) < 4.78 is 8.84. The van der Waals surface area contributed by atoms with Gasteiger partial charge >= 0.3 is 0 Å². The van der Waals surface area contributed by atoms with Crippen molar-refractivity contribution in [2.75, 3.05) is 32.0 Å². The highest BCUT2D eigenvalue weighted by Crippen LogP contribution is 2.25. The summed E-state index contributed by atoms with van der Waals surface area (Å²) in [5.41, 5.74) is 10.6. The fraction of sp³-hybridized carbons (Fsp3) is 0.276. The lowest BCUT2D eigenvalue weighted by Gasteiger charge is -2.26. The molecular formula is C29H29N7O3. The number of hydrogen-bond acceptors (Lipinski definition) is 7. The standard InChI is InChI=1S/C29H29N7O3/c1-18-6-3-4-9-23(18)36-21(14-20-8-5-7-19(2)25(20)29(36)38)16-35-28-26(27(30)31-17-32-28)22(33-35)15-24(37)34-10-12-39-13-11-34/h3-9,14,17H,10-13,15-16H2,1-2H3,(H2,30,31,32). The number of nitrogens with zero attached hydrogens (tertiary/aromatic N) is 6. The van der Waals surface area contributed by atoms with Crippen LogP contribution in [0.5, 0.6) is 0 Å². The number of morpholine rings is 1. The molecule has 39 heavy (non-hydrogen) atoms. The van der Waals surface area contributed by atoms with Gasteiger partial charge in [0.05, 0.1) is 48.3 Å². The molecule has 0 unspecified atom stereocenters. The van der Waals surface area contributed by atoms with Gasteiger partial charge in [-0.05, 0) is 42.5 Å². The van der Waals surface area contributed by atoms with Crippen LogP contribution < -0.4 is 11.3 Å². The van der Waals surface area contributed by atoms with Gasteiger partial charge in [0.2, 0.25) is 5.91 Å². The van der Waals surface area contributed by atoms with E-state index >= 15 is 0 Å². The minimum Gasteiger partial charge on any atom is -0.383 e. The number of rotatable bonds is 5. The van der Waals surface area contributed by atoms with E-state index in [1.165, 1.54) is 6.33 Å². The molecule has 0 atom stereocenters. The fourth-order valence-electron chi connectivity index (χ4n) is 5.34. The molecule has 2 N–H and O–H groups in total. The van der Waals surface area contributed by atoms with Crippen LogP contribution in [0.15, 0.2) is 59.7 Å². The van der Waals surface area contributed by atoms with Gasteiger partial charge in [-0.2, -0.15) is 5.10 Å². The third kappa shape index (κ3) is 4.42. The minimum atomic E-state index is -0.0942. The Hall–Kier alpha value is -4.57. The van der Waals surface area contributed by atoms with E-state index in [1.54, 1.807) is 14.1 Å². The molecule has 0 bridgehead atoms. The second-order valence-electron chi connectivity index (χ2n) is 9.83. The van der Waals surface area contributed by atoms with Crippen LogP contribution in [0.3, 0.4) is 0 Å². The predicted molar refractivity (Wildman–Crippen MR) is 149 cm³/mol. The van der Waals surface area contributed by atoms with Crippen LogP contribution in [-0.2, 0) is 22.5 Å². The molecule has 6 rings (SSSR count). The molecule has 1 saturated heterocycles. The topological polar surface area (TPSA) is 121 Å². The molecule has 4 heterocycles. The van der Waals surface area contributed by atoms with Crippen molar-refractivity contribution in [1.29, 1.82) is 0 Å². The number of carbonyl (C=O) groups is 1. The molecule has 10 nitrogen and oxygen atoms in total. The molecule has 10 heteroatoms. The van der Waals surface area contributed by atoms with Crippen LogP contribution in [0.4, 0.5) is 5.82 Å². The maximum atomic E-state index is 14.0. The van der Waals surface area contributed by atoms with E-state index in [0.29, 0.717) is 48.4 Å². The second kappa shape index (κ2) is 9.95. The molecule has 1 aliphatic heterocycles. The number of pyridine rings is 1. The lowest BCUT2D eigenvalue weighted by atomic mass is 10.1. The van der Waals surface area contributed by atoms with Gasteiger partial charge in [0, 0.05) is 18.8 Å². The van der Waals surface area contributed by atoms with Gasteiger partial charge < -0.3 is 15.4 Å². The van der Waals surface area contributed by atoms with Crippen molar-refractivity contribution in [2.45, 2.75) is 26.8 Å². The first-order chi connectivity index (χ1) is 18.9. The zero-order valence-corrected chi connectivity index (χ0v) is 21.9. The summed E-state index contributed by atoms with van der Waals surface area (Å²) in [6.45, 7) is 6.30. The average Bonchev–Trinajstić information content (AvgIpc) is 3.28. The minimum absolute atomic E-state index is 0.0499. The number of para-hydroxylation sites is 1. The average molecular weight is 524 g/mol. The number of anilines is 1. The summed E-state index contributed by atoms with van der Waals surface area (Å²) >= 11 is 0. The summed E-state index contributed by atoms with van der Waals surface area (Å²) in [6, 6.07) is 15.7. The maximum Gasteiger partial charge on any atom is 0.263 e. The van der Waals surface area contributed by atoms with Crippen molar-refractivity contribution in [2.24, 2.45) is 0 Å². The number of aryl methyl sites for hydroxylation is 2. The van der Waals surface area contributed by atoms with Crippen molar-refractivity contribution >= 4 is 33.5 Å². The number of aromatic nitrogens is 5. The van der Waals surface area contributed by atoms with Gasteiger partial charge in [-0.15, -0.1) is 0 Å². The van der Waals surface area contributed by atoms with Crippen molar-refractivity contribution in [1.82, 2.24) is 29.2 Å². The number of ether oxygens (including phenoxy) is 1. The molecule has 1 fully saturated rings. The molecule has 3 aromatic heterocycles. The molecular weight excluding hydrogens is 494 g/mol. The Balaban J connectivity index is 1.50. The number of carbonyl (C=O) groups excluding carboxylic acids is 1. The SMILES string of the molecule is Cc1ccccc1-n1c(Cn2nc(CC(=O)N3CCOCC3)c3c(N)ncnc32)cc2cccc(C)c2c1=O. The van der Waals surface area contributed by atoms with E-state index in [4.69, 9.17) is 15.6 Å². The second-order valence-corrected chi connectivity index (χ2v) is 9.83. The molecule has 0 aliphatic carbocycles. The first kappa shape index (κ1) is 24.7. The Morgan fingerprint density at radius 2 is 1.77 bits per heavy atom. The van der Waals surface area contributed by atoms with Gasteiger partial charge in [-0.1, -0.05) is 36.4 Å². The van der Waals surface area contributed by atoms with E-state index in [-0.39, 0.29) is 30.2 Å². The summed E-state index contributed by atoms with van der Waals surface area (Å²) in [7, 11) is 0. The smallest absolute Gasteiger partial charge is 0.263 e. The fourth-order valence-corrected chi connectivity index (χ4v) is 5.34. The van der Waals surface area contributed by atoms with Crippen molar-refractivity contribution in [3.63, 3.8) is 0 Å². The van der Waals surface area contributed by atoms with Crippen LogP contribution in [-0.4, -0.2) is 61.4 Å². The summed E-state index contributed by atoms with van der Waals surface area (Å²) in [4.78, 5) is 37.5. The van der Waals surface area contributed by atoms with E-state index < -0.39 is 0 Å². The third-order valence-corrected chi connectivity index (χ3v) is 7.31. The normalized spacial score (nSPS) is 13.8. The monoisotopic (exact) mass is 523 g/mol. The summed E-state index contributed by atoms with van der Waals surface area (Å²) in [5, 5.41) is 6.89. The van der Waals surface area contributed by atoms with Crippen molar-refractivity contribution < 1.29 is 9.53 Å². The highest BCUT2D eigenvalue weighted by molar-refractivity contribution is 5.92. The van der Waals surface area contributed by atoms with E-state index in [1.807, 2.05) is 62.4 Å². The first-order valence-corrected chi connectivity index (χ1v) is 12.9. The summed E-state index contributed by atoms with van der Waals surface area (Å²) in [6.07, 6.45) is 1.46. The van der Waals surface area contributed by atoms with Crippen LogP contribution >= 0.6 is 0 Å². The van der Waals surface area contributed by atoms with Gasteiger partial charge in [0.15, 0.2) is 5.65 Å². The van der Waals surface area contributed by atoms with Gasteiger partial charge in [-0.25, -0.2) is 14.6 Å². The number of fused-ring (bicyclic) bond motifs is 2. The van der Waals surface area contributed by atoms with Crippen LogP contribution in [0.2, 0.25) is 0 Å². The zero-order chi connectivity index (χ0) is 27.1. The molecule has 0 spiro atoms. The van der Waals surface area contributed by atoms with E-state index in [9.17, 15) is 9.59 Å². The number of amides is 1. The predicted octanol–water partition coefficient (Wildman–Crippen LogP) is 2.78. The number of hydrogen-bond donors (Lipinski definition) is 1. The largest absolute Gasteiger partial charge is 0.383 e. The molecule has 0 radical (unpaired) electrons. The number of nitrogens with two attached hydrogens (primary N) is 1. The van der Waals surface area contributed by atoms with Crippen LogP contribution in [0, 0.1) is 13.8 Å². The first-order valence-electron chi connectivity index (χ1n) is 12.9. The van der Waals surface area contributed by atoms with Crippen molar-refractivity contribution in [3.05, 3.63) is 87.7 Å². The lowest BCUT2D eigenvalue weighted by Crippen LogP contribution is -2.41. The van der Waals surface area contributed by atoms with Crippen LogP contribution in [0.1, 0.15) is 22.5 Å². The molecule has 1 aliphatic rings. The summed E-state index contributed by atoms with van der Waals surface area (Å²) in [5.74, 6) is 0.215. The van der Waals surface area contributed by atoms with E-state index in [0.717, 1.165) is 27.9 Å². The Morgan fingerprint density at radius 3 is 2.56 bits per heavy atom. The number of benzene rings is 2. The van der Waals surface area contributed by atoms with Gasteiger partial charge in [-0.3, -0.25) is 14.2 Å². The molecule has 0 saturated carbocycles. The maximum absolute atomic E-state index is 14.0. The van der Waals surface area contributed by atoms with Gasteiger partial charge in [0.1, 0.15) is 12.1 Å². The lowest BCUT2D eigenvalue weighted by molar-refractivity contribution is -0.134. The van der Waals surface area contributed by atoms with Crippen LogP contribution in [0.25, 0.3) is 27.5 Å². The van der Waals surface area contributed by atoms with Crippen molar-refractivity contribution in [3.8, 4) is 5.69 Å². The van der Waals surface area contributed by atoms with Gasteiger partial charge in [0.25, 0.3) is 5.56 Å². The Bertz CT molecular complexity index is 1780. The Morgan fingerprint density at radius 1 is 1.00 bits per heavy atom. The Kier molecular flexibility index (Phi) is 6.32. The molecule has 5 aromatic rings. The van der Waals surface area contributed by atoms with E-state index in [2.05, 4.69) is 9.97 Å². The molecule has 1 amide bonds. The molecule has 2 aromatic carbocycles. The third-order valence-electron chi connectivity index (χ3n) is 7.31. The highest BCUT2D eigenvalue weighted by Gasteiger charge is 2.23.